The summed E-state index contributed by atoms with van der Waals surface area (Å²) in [5.41, 5.74) is 0.703. The van der Waals surface area contributed by atoms with Gasteiger partial charge in [-0.25, -0.2) is 4.79 Å². The summed E-state index contributed by atoms with van der Waals surface area (Å²) < 4.78 is 9.52. The number of anilines is 1. The molecule has 1 amide bonds. The third-order valence-electron chi connectivity index (χ3n) is 2.16. The number of thioether (sulfide) groups is 1. The molecule has 2 aromatic rings. The van der Waals surface area contributed by atoms with Crippen LogP contribution in [-0.2, 0) is 10.5 Å². The molecule has 2 rings (SSSR count). The first-order valence-electron chi connectivity index (χ1n) is 5.70. The Hall–Kier alpha value is -2.02. The Morgan fingerprint density at radius 3 is 3.05 bits per heavy atom. The Kier molecular flexibility index (Phi) is 4.79. The molecule has 0 fully saturated rings. The van der Waals surface area contributed by atoms with Crippen LogP contribution < -0.4 is 5.32 Å². The van der Waals surface area contributed by atoms with Gasteiger partial charge in [0, 0.05) is 4.90 Å². The normalized spacial score (nSPS) is 10.2. The largest absolute Gasteiger partial charge is 0.450 e. The van der Waals surface area contributed by atoms with Crippen LogP contribution in [0.3, 0.4) is 0 Å². The highest BCUT2D eigenvalue weighted by Crippen LogP contribution is 2.29. The lowest BCUT2D eigenvalue weighted by Gasteiger charge is -2.09. The number of aromatic nitrogens is 2. The molecule has 1 aromatic heterocycles. The molecule has 6 nitrogen and oxygen atoms in total. The molecule has 100 valence electrons. The predicted molar refractivity (Wildman–Crippen MR) is 70.9 cm³/mol. The Bertz CT molecular complexity index is 531. The van der Waals surface area contributed by atoms with Crippen molar-refractivity contribution in [2.45, 2.75) is 17.6 Å². The van der Waals surface area contributed by atoms with Crippen LogP contribution >= 0.6 is 11.8 Å². The molecule has 0 radical (unpaired) electrons. The van der Waals surface area contributed by atoms with E-state index >= 15 is 0 Å². The zero-order chi connectivity index (χ0) is 13.5. The van der Waals surface area contributed by atoms with Gasteiger partial charge in [-0.2, -0.15) is 4.98 Å². The van der Waals surface area contributed by atoms with E-state index in [1.54, 1.807) is 6.92 Å². The van der Waals surface area contributed by atoms with Gasteiger partial charge in [0.05, 0.1) is 18.0 Å². The van der Waals surface area contributed by atoms with Gasteiger partial charge in [-0.3, -0.25) is 5.32 Å². The molecule has 0 aliphatic rings. The van der Waals surface area contributed by atoms with Gasteiger partial charge >= 0.3 is 6.09 Å². The highest BCUT2D eigenvalue weighted by molar-refractivity contribution is 7.98. The number of rotatable bonds is 5. The monoisotopic (exact) mass is 279 g/mol. The van der Waals surface area contributed by atoms with Crippen molar-refractivity contribution >= 4 is 23.5 Å². The zero-order valence-electron chi connectivity index (χ0n) is 10.3. The van der Waals surface area contributed by atoms with E-state index in [1.807, 2.05) is 24.3 Å². The van der Waals surface area contributed by atoms with E-state index in [0.29, 0.717) is 23.9 Å². The minimum absolute atomic E-state index is 0.337. The predicted octanol–water partition coefficient (Wildman–Crippen LogP) is 2.93. The van der Waals surface area contributed by atoms with Gasteiger partial charge in [-0.1, -0.05) is 17.3 Å². The standard InChI is InChI=1S/C12H13N3O3S/c1-2-17-12(16)14-9-5-3-4-6-10(9)19-7-11-13-8-18-15-11/h3-6,8H,2,7H2,1H3,(H,14,16). The first kappa shape index (κ1) is 13.4. The number of nitrogens with zero attached hydrogens (tertiary/aromatic N) is 2. The topological polar surface area (TPSA) is 77.2 Å². The molecule has 0 saturated heterocycles. The van der Waals surface area contributed by atoms with E-state index in [1.165, 1.54) is 18.2 Å². The smallest absolute Gasteiger partial charge is 0.411 e. The van der Waals surface area contributed by atoms with E-state index < -0.39 is 6.09 Å². The molecule has 0 spiro atoms. The van der Waals surface area contributed by atoms with Gasteiger partial charge in [0.25, 0.3) is 0 Å². The molecule has 1 N–H and O–H groups in total. The molecule has 0 aliphatic heterocycles. The number of hydrogen-bond donors (Lipinski definition) is 1. The van der Waals surface area contributed by atoms with Crippen LogP contribution in [0.5, 0.6) is 0 Å². The molecule has 7 heteroatoms. The highest BCUT2D eigenvalue weighted by atomic mass is 32.2. The fraction of sp³-hybridized carbons (Fsp3) is 0.250. The van der Waals surface area contributed by atoms with Crippen molar-refractivity contribution in [2.75, 3.05) is 11.9 Å². The number of hydrogen-bond acceptors (Lipinski definition) is 6. The maximum Gasteiger partial charge on any atom is 0.411 e. The lowest BCUT2D eigenvalue weighted by molar-refractivity contribution is 0.168. The Morgan fingerprint density at radius 2 is 2.32 bits per heavy atom. The van der Waals surface area contributed by atoms with Gasteiger partial charge < -0.3 is 9.26 Å². The van der Waals surface area contributed by atoms with Crippen molar-refractivity contribution in [3.8, 4) is 0 Å². The lowest BCUT2D eigenvalue weighted by atomic mass is 10.3. The molecule has 0 bridgehead atoms. The van der Waals surface area contributed by atoms with E-state index in [9.17, 15) is 4.79 Å². The van der Waals surface area contributed by atoms with Crippen molar-refractivity contribution in [2.24, 2.45) is 0 Å². The van der Waals surface area contributed by atoms with Crippen molar-refractivity contribution in [3.63, 3.8) is 0 Å². The second-order valence-electron chi connectivity index (χ2n) is 3.48. The summed E-state index contributed by atoms with van der Waals surface area (Å²) in [5, 5.41) is 6.43. The minimum atomic E-state index is -0.463. The molecule has 1 heterocycles. The van der Waals surface area contributed by atoms with Gasteiger partial charge in [0.1, 0.15) is 0 Å². The molecule has 0 atom stereocenters. The van der Waals surface area contributed by atoms with Crippen LogP contribution in [0.25, 0.3) is 0 Å². The van der Waals surface area contributed by atoms with Gasteiger partial charge in [-0.05, 0) is 19.1 Å². The molecular weight excluding hydrogens is 266 g/mol. The fourth-order valence-corrected chi connectivity index (χ4v) is 2.23. The maximum absolute atomic E-state index is 11.4. The Balaban J connectivity index is 2.01. The van der Waals surface area contributed by atoms with Crippen molar-refractivity contribution in [1.29, 1.82) is 0 Å². The second-order valence-corrected chi connectivity index (χ2v) is 4.49. The minimum Gasteiger partial charge on any atom is -0.450 e. The van der Waals surface area contributed by atoms with E-state index in [2.05, 4.69) is 20.0 Å². The number of para-hydroxylation sites is 1. The lowest BCUT2D eigenvalue weighted by Crippen LogP contribution is -2.13. The average molecular weight is 279 g/mol. The molecular formula is C12H13N3O3S. The van der Waals surface area contributed by atoms with Crippen LogP contribution in [0.2, 0.25) is 0 Å². The summed E-state index contributed by atoms with van der Waals surface area (Å²) in [4.78, 5) is 16.3. The number of amides is 1. The van der Waals surface area contributed by atoms with Crippen molar-refractivity contribution in [1.82, 2.24) is 10.1 Å². The second kappa shape index (κ2) is 6.79. The number of carbonyl (C=O) groups is 1. The third kappa shape index (κ3) is 3.99. The quantitative estimate of drug-likeness (QED) is 0.848. The van der Waals surface area contributed by atoms with Crippen LogP contribution in [-0.4, -0.2) is 22.8 Å². The molecule has 0 aliphatic carbocycles. The summed E-state index contributed by atoms with van der Waals surface area (Å²) in [7, 11) is 0. The van der Waals surface area contributed by atoms with Crippen LogP contribution in [0.1, 0.15) is 12.7 Å². The molecule has 0 saturated carbocycles. The van der Waals surface area contributed by atoms with Crippen molar-refractivity contribution < 1.29 is 14.1 Å². The first-order chi connectivity index (χ1) is 9.29. The van der Waals surface area contributed by atoms with Gasteiger partial charge in [0.15, 0.2) is 5.82 Å². The number of ether oxygens (including phenoxy) is 1. The van der Waals surface area contributed by atoms with E-state index in [0.717, 1.165) is 4.90 Å². The van der Waals surface area contributed by atoms with E-state index in [4.69, 9.17) is 4.74 Å². The zero-order valence-corrected chi connectivity index (χ0v) is 11.1. The van der Waals surface area contributed by atoms with Crippen molar-refractivity contribution in [3.05, 3.63) is 36.5 Å². The fourth-order valence-electron chi connectivity index (χ4n) is 1.37. The third-order valence-corrected chi connectivity index (χ3v) is 3.23. The molecule has 19 heavy (non-hydrogen) atoms. The summed E-state index contributed by atoms with van der Waals surface area (Å²) >= 11 is 1.51. The SMILES string of the molecule is CCOC(=O)Nc1ccccc1SCc1ncon1. The van der Waals surface area contributed by atoms with E-state index in [-0.39, 0.29) is 0 Å². The average Bonchev–Trinajstić information content (AvgIpc) is 2.91. The van der Waals surface area contributed by atoms with Gasteiger partial charge in [0.2, 0.25) is 6.39 Å². The summed E-state index contributed by atoms with van der Waals surface area (Å²) in [6.45, 7) is 2.10. The van der Waals surface area contributed by atoms with Crippen LogP contribution in [0, 0.1) is 0 Å². The Labute approximate surface area is 114 Å². The molecule has 0 unspecified atom stereocenters. The highest BCUT2D eigenvalue weighted by Gasteiger charge is 2.08. The number of nitrogens with one attached hydrogen (secondary N) is 1. The van der Waals surface area contributed by atoms with Crippen LogP contribution in [0.15, 0.2) is 40.1 Å². The number of carbonyl (C=O) groups excluding carboxylic acids is 1. The summed E-state index contributed by atoms with van der Waals surface area (Å²) in [6, 6.07) is 7.47. The first-order valence-corrected chi connectivity index (χ1v) is 6.69. The maximum atomic E-state index is 11.4. The van der Waals surface area contributed by atoms with Crippen LogP contribution in [0.4, 0.5) is 10.5 Å². The summed E-state index contributed by atoms with van der Waals surface area (Å²) in [6.07, 6.45) is 0.827. The number of benzene rings is 1. The Morgan fingerprint density at radius 1 is 1.47 bits per heavy atom. The molecule has 1 aromatic carbocycles. The van der Waals surface area contributed by atoms with Gasteiger partial charge in [-0.15, -0.1) is 11.8 Å². The summed E-state index contributed by atoms with van der Waals surface area (Å²) in [5.74, 6) is 1.17.